The normalized spacial score (nSPS) is 11.5. The molecule has 1 aromatic rings. The molecule has 0 aliphatic carbocycles. The molecule has 1 unspecified atom stereocenters. The third kappa shape index (κ3) is 6.79. The number of rotatable bonds is 8. The van der Waals surface area contributed by atoms with E-state index >= 15 is 0 Å². The Bertz CT molecular complexity index is 434. The number of carbonyl (C=O) groups excluding carboxylic acids is 2. The number of unbranched alkanes of at least 4 members (excludes halogenated alkanes) is 1. The molecule has 5 nitrogen and oxygen atoms in total. The monoisotopic (exact) mass is 292 g/mol. The van der Waals surface area contributed by atoms with Gasteiger partial charge in [-0.25, -0.2) is 4.79 Å². The lowest BCUT2D eigenvalue weighted by Gasteiger charge is -2.18. The van der Waals surface area contributed by atoms with E-state index in [1.165, 1.54) is 0 Å². The Balaban J connectivity index is 2.64. The molecule has 0 aromatic heterocycles. The Morgan fingerprint density at radius 2 is 1.90 bits per heavy atom. The van der Waals surface area contributed by atoms with Gasteiger partial charge in [-0.05, 0) is 18.9 Å². The van der Waals surface area contributed by atoms with E-state index in [1.807, 2.05) is 30.3 Å². The van der Waals surface area contributed by atoms with Gasteiger partial charge < -0.3 is 15.4 Å². The number of hydrogen-bond acceptors (Lipinski definition) is 3. The quantitative estimate of drug-likeness (QED) is 0.724. The van der Waals surface area contributed by atoms with Gasteiger partial charge in [0.25, 0.3) is 0 Å². The van der Waals surface area contributed by atoms with Crippen LogP contribution < -0.4 is 10.6 Å². The van der Waals surface area contributed by atoms with E-state index in [0.717, 1.165) is 18.4 Å². The van der Waals surface area contributed by atoms with Gasteiger partial charge >= 0.3 is 6.09 Å². The highest BCUT2D eigenvalue weighted by Gasteiger charge is 2.18. The molecule has 0 heterocycles. The van der Waals surface area contributed by atoms with Gasteiger partial charge in [-0.2, -0.15) is 0 Å². The molecule has 5 heteroatoms. The molecule has 116 valence electrons. The van der Waals surface area contributed by atoms with E-state index in [4.69, 9.17) is 4.74 Å². The number of benzene rings is 1. The summed E-state index contributed by atoms with van der Waals surface area (Å²) < 4.78 is 4.89. The van der Waals surface area contributed by atoms with Gasteiger partial charge in [-0.3, -0.25) is 4.79 Å². The number of hydrogen-bond donors (Lipinski definition) is 2. The third-order valence-electron chi connectivity index (χ3n) is 3.01. The van der Waals surface area contributed by atoms with E-state index in [0.29, 0.717) is 13.2 Å². The van der Waals surface area contributed by atoms with Crippen molar-refractivity contribution >= 4 is 12.0 Å². The van der Waals surface area contributed by atoms with E-state index in [-0.39, 0.29) is 18.4 Å². The van der Waals surface area contributed by atoms with Crippen LogP contribution in [0, 0.1) is 0 Å². The van der Waals surface area contributed by atoms with Crippen LogP contribution in [0.1, 0.15) is 44.7 Å². The zero-order valence-corrected chi connectivity index (χ0v) is 12.7. The molecule has 0 bridgehead atoms. The highest BCUT2D eigenvalue weighted by molar-refractivity contribution is 5.78. The Kier molecular flexibility index (Phi) is 7.94. The minimum Gasteiger partial charge on any atom is -0.450 e. The zero-order valence-electron chi connectivity index (χ0n) is 12.7. The number of amides is 2. The molecule has 0 fully saturated rings. The van der Waals surface area contributed by atoms with Gasteiger partial charge in [0.2, 0.25) is 5.91 Å². The fourth-order valence-corrected chi connectivity index (χ4v) is 1.91. The first-order chi connectivity index (χ1) is 10.2. The number of alkyl carbamates (subject to hydrolysis) is 1. The Labute approximate surface area is 126 Å². The molecular weight excluding hydrogens is 268 g/mol. The summed E-state index contributed by atoms with van der Waals surface area (Å²) in [5.41, 5.74) is 0.885. The van der Waals surface area contributed by atoms with Crippen molar-refractivity contribution in [1.29, 1.82) is 0 Å². The molecule has 2 N–H and O–H groups in total. The predicted molar refractivity (Wildman–Crippen MR) is 81.9 cm³/mol. The Hall–Kier alpha value is -2.04. The van der Waals surface area contributed by atoms with Crippen molar-refractivity contribution in [3.63, 3.8) is 0 Å². The van der Waals surface area contributed by atoms with Gasteiger partial charge in [0.15, 0.2) is 0 Å². The minimum absolute atomic E-state index is 0.0749. The van der Waals surface area contributed by atoms with Crippen molar-refractivity contribution in [3.8, 4) is 0 Å². The molecule has 1 atom stereocenters. The first-order valence-corrected chi connectivity index (χ1v) is 7.42. The van der Waals surface area contributed by atoms with Crippen LogP contribution in [0.2, 0.25) is 0 Å². The van der Waals surface area contributed by atoms with E-state index in [1.54, 1.807) is 6.92 Å². The van der Waals surface area contributed by atoms with Gasteiger partial charge in [0.05, 0.1) is 19.1 Å². The van der Waals surface area contributed by atoms with Crippen LogP contribution in [-0.4, -0.2) is 25.2 Å². The molecule has 1 rings (SSSR count). The van der Waals surface area contributed by atoms with E-state index < -0.39 is 6.09 Å². The maximum Gasteiger partial charge on any atom is 0.407 e. The summed E-state index contributed by atoms with van der Waals surface area (Å²) in [6.45, 7) is 4.78. The maximum atomic E-state index is 11.9. The Morgan fingerprint density at radius 3 is 2.52 bits per heavy atom. The minimum atomic E-state index is -0.507. The molecule has 0 spiro atoms. The van der Waals surface area contributed by atoms with Crippen molar-refractivity contribution in [2.45, 2.75) is 39.2 Å². The molecule has 0 aliphatic heterocycles. The fourth-order valence-electron chi connectivity index (χ4n) is 1.91. The smallest absolute Gasteiger partial charge is 0.407 e. The zero-order chi connectivity index (χ0) is 15.5. The van der Waals surface area contributed by atoms with E-state index in [2.05, 4.69) is 17.6 Å². The predicted octanol–water partition coefficient (Wildman–Crippen LogP) is 2.78. The maximum absolute atomic E-state index is 11.9. The Morgan fingerprint density at radius 1 is 1.19 bits per heavy atom. The summed E-state index contributed by atoms with van der Waals surface area (Å²) in [7, 11) is 0. The number of nitrogens with one attached hydrogen (secondary N) is 2. The van der Waals surface area contributed by atoms with Gasteiger partial charge in [-0.1, -0.05) is 43.7 Å². The average Bonchev–Trinajstić information content (AvgIpc) is 2.48. The first kappa shape index (κ1) is 17.0. The lowest BCUT2D eigenvalue weighted by atomic mass is 10.0. The second-order valence-electron chi connectivity index (χ2n) is 4.74. The topological polar surface area (TPSA) is 67.4 Å². The highest BCUT2D eigenvalue weighted by atomic mass is 16.5. The van der Waals surface area contributed by atoms with Crippen molar-refractivity contribution in [3.05, 3.63) is 35.9 Å². The SMILES string of the molecule is CCCCNC(=O)CC(NC(=O)OCC)c1ccccc1. The lowest BCUT2D eigenvalue weighted by molar-refractivity contribution is -0.121. The van der Waals surface area contributed by atoms with Gasteiger partial charge in [-0.15, -0.1) is 0 Å². The van der Waals surface area contributed by atoms with Crippen LogP contribution >= 0.6 is 0 Å². The molecule has 0 radical (unpaired) electrons. The van der Waals surface area contributed by atoms with Crippen LogP contribution in [-0.2, 0) is 9.53 Å². The summed E-state index contributed by atoms with van der Waals surface area (Å²) in [5.74, 6) is -0.0749. The summed E-state index contributed by atoms with van der Waals surface area (Å²) in [4.78, 5) is 23.5. The standard InChI is InChI=1S/C16H24N2O3/c1-3-5-11-17-15(19)12-14(18-16(20)21-4-2)13-9-7-6-8-10-13/h6-10,14H,3-5,11-12H2,1-2H3,(H,17,19)(H,18,20). The van der Waals surface area contributed by atoms with E-state index in [9.17, 15) is 9.59 Å². The second-order valence-corrected chi connectivity index (χ2v) is 4.74. The van der Waals surface area contributed by atoms with Crippen LogP contribution in [0.25, 0.3) is 0 Å². The molecule has 1 aromatic carbocycles. The van der Waals surface area contributed by atoms with Crippen molar-refractivity contribution in [2.75, 3.05) is 13.2 Å². The van der Waals surface area contributed by atoms with Crippen molar-refractivity contribution in [1.82, 2.24) is 10.6 Å². The summed E-state index contributed by atoms with van der Waals surface area (Å²) in [6, 6.07) is 9.04. The fraction of sp³-hybridized carbons (Fsp3) is 0.500. The number of ether oxygens (including phenoxy) is 1. The van der Waals surface area contributed by atoms with Crippen LogP contribution in [0.4, 0.5) is 4.79 Å². The molecular formula is C16H24N2O3. The lowest BCUT2D eigenvalue weighted by Crippen LogP contribution is -2.34. The largest absolute Gasteiger partial charge is 0.450 e. The second kappa shape index (κ2) is 9.80. The van der Waals surface area contributed by atoms with Crippen LogP contribution in [0.5, 0.6) is 0 Å². The van der Waals surface area contributed by atoms with Gasteiger partial charge in [0.1, 0.15) is 0 Å². The summed E-state index contributed by atoms with van der Waals surface area (Å²) >= 11 is 0. The third-order valence-corrected chi connectivity index (χ3v) is 3.01. The first-order valence-electron chi connectivity index (χ1n) is 7.42. The summed E-state index contributed by atoms with van der Waals surface area (Å²) in [6.07, 6.45) is 1.68. The molecule has 21 heavy (non-hydrogen) atoms. The molecule has 0 saturated heterocycles. The molecule has 0 aliphatic rings. The van der Waals surface area contributed by atoms with Crippen LogP contribution in [0.15, 0.2) is 30.3 Å². The van der Waals surface area contributed by atoms with Gasteiger partial charge in [0, 0.05) is 6.54 Å². The van der Waals surface area contributed by atoms with Crippen molar-refractivity contribution < 1.29 is 14.3 Å². The van der Waals surface area contributed by atoms with Crippen LogP contribution in [0.3, 0.4) is 0 Å². The molecule has 0 saturated carbocycles. The van der Waals surface area contributed by atoms with Crippen molar-refractivity contribution in [2.24, 2.45) is 0 Å². The highest BCUT2D eigenvalue weighted by Crippen LogP contribution is 2.16. The molecule has 2 amide bonds. The summed E-state index contributed by atoms with van der Waals surface area (Å²) in [5, 5.41) is 5.59. The average molecular weight is 292 g/mol. The number of carbonyl (C=O) groups is 2.